The summed E-state index contributed by atoms with van der Waals surface area (Å²) in [5, 5.41) is 11.2. The lowest BCUT2D eigenvalue weighted by atomic mass is 10.2. The summed E-state index contributed by atoms with van der Waals surface area (Å²) in [7, 11) is 0. The van der Waals surface area contributed by atoms with Crippen LogP contribution in [0.15, 0.2) is 48.5 Å². The molecule has 0 atom stereocenters. The van der Waals surface area contributed by atoms with Gasteiger partial charge in [-0.1, -0.05) is 12.1 Å². The fraction of sp³-hybridized carbons (Fsp3) is 0.200. The van der Waals surface area contributed by atoms with E-state index in [1.165, 1.54) is 6.08 Å². The average molecular weight is 366 g/mol. The molecule has 2 aromatic carbocycles. The van der Waals surface area contributed by atoms with Crippen LogP contribution in [0.2, 0.25) is 0 Å². The van der Waals surface area contributed by atoms with Crippen molar-refractivity contribution in [2.75, 3.05) is 26.6 Å². The minimum Gasteiger partial charge on any atom is -0.492 e. The van der Waals surface area contributed by atoms with Crippen LogP contribution >= 0.6 is 0 Å². The predicted molar refractivity (Wildman–Crippen MR) is 97.7 cm³/mol. The summed E-state index contributed by atoms with van der Waals surface area (Å²) in [6, 6.07) is 14.3. The first kappa shape index (κ1) is 18.1. The van der Waals surface area contributed by atoms with Crippen LogP contribution in [0.3, 0.4) is 0 Å². The molecule has 0 radical (unpaired) electrons. The molecule has 0 aromatic heterocycles. The van der Waals surface area contributed by atoms with Crippen LogP contribution in [0.5, 0.6) is 23.0 Å². The molecule has 2 aromatic rings. The Labute approximate surface area is 156 Å². The zero-order chi connectivity index (χ0) is 18.9. The number of fused-ring (bicyclic) bond motifs is 1. The Kier molecular flexibility index (Phi) is 6.15. The van der Waals surface area contributed by atoms with E-state index in [0.717, 1.165) is 5.56 Å². The lowest BCUT2D eigenvalue weighted by Gasteiger charge is -2.07. The summed E-state index contributed by atoms with van der Waals surface area (Å²) in [4.78, 5) is 11.8. The Hall–Kier alpha value is -3.66. The maximum Gasteiger partial charge on any atom is 0.244 e. The number of amides is 1. The molecule has 0 bridgehead atoms. The van der Waals surface area contributed by atoms with Crippen LogP contribution in [-0.4, -0.2) is 32.5 Å². The molecule has 0 spiro atoms. The molecule has 138 valence electrons. The number of rotatable bonds is 8. The lowest BCUT2D eigenvalue weighted by molar-refractivity contribution is -0.116. The first-order chi connectivity index (χ1) is 13.2. The van der Waals surface area contributed by atoms with Gasteiger partial charge in [0.15, 0.2) is 18.1 Å². The molecule has 0 fully saturated rings. The number of nitrogens with zero attached hydrogens (tertiary/aromatic N) is 1. The largest absolute Gasteiger partial charge is 0.492 e. The highest BCUT2D eigenvalue weighted by atomic mass is 16.7. The highest BCUT2D eigenvalue weighted by molar-refractivity contribution is 5.91. The number of hydrogen-bond donors (Lipinski definition) is 1. The van der Waals surface area contributed by atoms with Gasteiger partial charge in [-0.3, -0.25) is 4.79 Å². The number of ether oxygens (including phenoxy) is 4. The van der Waals surface area contributed by atoms with Crippen molar-refractivity contribution in [2.45, 2.75) is 0 Å². The van der Waals surface area contributed by atoms with Gasteiger partial charge in [0, 0.05) is 12.1 Å². The number of carbonyl (C=O) groups excluding carboxylic acids is 1. The van der Waals surface area contributed by atoms with E-state index >= 15 is 0 Å². The highest BCUT2D eigenvalue weighted by Crippen LogP contribution is 2.34. The molecule has 1 aliphatic rings. The number of benzene rings is 2. The molecule has 0 aliphatic carbocycles. The maximum atomic E-state index is 11.8. The van der Waals surface area contributed by atoms with Crippen LogP contribution in [0.25, 0.3) is 6.08 Å². The van der Waals surface area contributed by atoms with E-state index in [-0.39, 0.29) is 19.3 Å². The van der Waals surface area contributed by atoms with Crippen molar-refractivity contribution in [3.05, 3.63) is 54.1 Å². The van der Waals surface area contributed by atoms with Crippen molar-refractivity contribution < 1.29 is 23.7 Å². The molecule has 7 nitrogen and oxygen atoms in total. The van der Waals surface area contributed by atoms with Crippen molar-refractivity contribution in [1.29, 1.82) is 5.26 Å². The van der Waals surface area contributed by atoms with E-state index in [1.807, 2.05) is 6.07 Å². The molecule has 1 amide bonds. The molecule has 1 N–H and O–H groups in total. The Morgan fingerprint density at radius 1 is 1.11 bits per heavy atom. The van der Waals surface area contributed by atoms with Crippen LogP contribution in [0, 0.1) is 11.3 Å². The van der Waals surface area contributed by atoms with Gasteiger partial charge < -0.3 is 24.3 Å². The number of nitriles is 1. The normalized spacial score (nSPS) is 11.8. The van der Waals surface area contributed by atoms with E-state index < -0.39 is 0 Å². The van der Waals surface area contributed by atoms with Gasteiger partial charge in [-0.25, -0.2) is 0 Å². The summed E-state index contributed by atoms with van der Waals surface area (Å²) in [5.41, 5.74) is 0.853. The van der Waals surface area contributed by atoms with Crippen molar-refractivity contribution in [3.8, 4) is 29.1 Å². The summed E-state index contributed by atoms with van der Waals surface area (Å²) in [5.74, 6) is 2.41. The summed E-state index contributed by atoms with van der Waals surface area (Å²) in [6.45, 7) is 0.936. The molecule has 0 unspecified atom stereocenters. The van der Waals surface area contributed by atoms with Crippen LogP contribution in [-0.2, 0) is 4.79 Å². The fourth-order valence-corrected chi connectivity index (χ4v) is 2.33. The lowest BCUT2D eigenvalue weighted by Crippen LogP contribution is -2.26. The SMILES string of the molecule is N#CCOc1ccc(C=CC(=O)NCCOc2ccc3c(c2)OCO3)cc1. The van der Waals surface area contributed by atoms with Crippen molar-refractivity contribution in [2.24, 2.45) is 0 Å². The zero-order valence-corrected chi connectivity index (χ0v) is 14.5. The van der Waals surface area contributed by atoms with E-state index in [4.69, 9.17) is 24.2 Å². The van der Waals surface area contributed by atoms with Crippen LogP contribution in [0.4, 0.5) is 0 Å². The van der Waals surface area contributed by atoms with Crippen LogP contribution < -0.4 is 24.3 Å². The van der Waals surface area contributed by atoms with Crippen LogP contribution in [0.1, 0.15) is 5.56 Å². The molecule has 0 saturated carbocycles. The van der Waals surface area contributed by atoms with Gasteiger partial charge in [0.1, 0.15) is 24.2 Å². The Morgan fingerprint density at radius 2 is 1.89 bits per heavy atom. The third-order valence-corrected chi connectivity index (χ3v) is 3.62. The van der Waals surface area contributed by atoms with Gasteiger partial charge in [0.25, 0.3) is 0 Å². The van der Waals surface area contributed by atoms with Gasteiger partial charge in [-0.05, 0) is 35.9 Å². The molecule has 0 saturated heterocycles. The van der Waals surface area contributed by atoms with Gasteiger partial charge >= 0.3 is 0 Å². The van der Waals surface area contributed by atoms with Gasteiger partial charge in [0.2, 0.25) is 12.7 Å². The summed E-state index contributed by atoms with van der Waals surface area (Å²) >= 11 is 0. The second-order valence-corrected chi connectivity index (χ2v) is 5.50. The van der Waals surface area contributed by atoms with Gasteiger partial charge in [0.05, 0.1) is 6.54 Å². The maximum absolute atomic E-state index is 11.8. The molecular formula is C20H18N2O5. The molecule has 27 heavy (non-hydrogen) atoms. The molecule has 1 aliphatic heterocycles. The Morgan fingerprint density at radius 3 is 2.70 bits per heavy atom. The monoisotopic (exact) mass is 366 g/mol. The Balaban J connectivity index is 1.38. The number of nitrogens with one attached hydrogen (secondary N) is 1. The van der Waals surface area contributed by atoms with Crippen molar-refractivity contribution >= 4 is 12.0 Å². The molecule has 7 heteroatoms. The topological polar surface area (TPSA) is 89.8 Å². The molecule has 3 rings (SSSR count). The van der Waals surface area contributed by atoms with Crippen molar-refractivity contribution in [1.82, 2.24) is 5.32 Å². The molecule has 1 heterocycles. The minimum absolute atomic E-state index is 0.00587. The van der Waals surface area contributed by atoms with E-state index in [1.54, 1.807) is 48.5 Å². The molecular weight excluding hydrogens is 348 g/mol. The third kappa shape index (κ3) is 5.41. The van der Waals surface area contributed by atoms with E-state index in [9.17, 15) is 4.79 Å². The van der Waals surface area contributed by atoms with Crippen molar-refractivity contribution in [3.63, 3.8) is 0 Å². The van der Waals surface area contributed by atoms with Gasteiger partial charge in [-0.15, -0.1) is 0 Å². The smallest absolute Gasteiger partial charge is 0.244 e. The standard InChI is InChI=1S/C20H18N2O5/c21-9-11-24-16-4-1-15(2-5-16)3-8-20(23)22-10-12-25-17-6-7-18-19(13-17)27-14-26-18/h1-8,13H,10-12,14H2,(H,22,23). The number of carbonyl (C=O) groups is 1. The number of hydrogen-bond acceptors (Lipinski definition) is 6. The fourth-order valence-electron chi connectivity index (χ4n) is 2.33. The highest BCUT2D eigenvalue weighted by Gasteiger charge is 2.13. The second-order valence-electron chi connectivity index (χ2n) is 5.50. The first-order valence-electron chi connectivity index (χ1n) is 8.33. The second kappa shape index (κ2) is 9.15. The first-order valence-corrected chi connectivity index (χ1v) is 8.33. The summed E-state index contributed by atoms with van der Waals surface area (Å²) in [6.07, 6.45) is 3.15. The van der Waals surface area contributed by atoms with E-state index in [0.29, 0.717) is 36.1 Å². The van der Waals surface area contributed by atoms with E-state index in [2.05, 4.69) is 5.32 Å². The average Bonchev–Trinajstić information content (AvgIpc) is 3.17. The quantitative estimate of drug-likeness (QED) is 0.570. The predicted octanol–water partition coefficient (Wildman–Crippen LogP) is 2.53. The zero-order valence-electron chi connectivity index (χ0n) is 14.5. The van der Waals surface area contributed by atoms with Gasteiger partial charge in [-0.2, -0.15) is 5.26 Å². The minimum atomic E-state index is -0.214. The summed E-state index contributed by atoms with van der Waals surface area (Å²) < 4.78 is 21.3. The third-order valence-electron chi connectivity index (χ3n) is 3.62. The Bertz CT molecular complexity index is 856.